The van der Waals surface area contributed by atoms with Crippen LogP contribution in [0.1, 0.15) is 34.1 Å². The third-order valence-corrected chi connectivity index (χ3v) is 6.83. The lowest BCUT2D eigenvalue weighted by atomic mass is 10.1. The molecule has 148 valence electrons. The number of primary amides is 1. The number of nitrogens with two attached hydrogens (primary N) is 1. The first-order chi connectivity index (χ1) is 13.5. The number of hydrogen-bond acceptors (Lipinski definition) is 6. The van der Waals surface area contributed by atoms with Gasteiger partial charge in [-0.05, 0) is 43.9 Å². The molecule has 0 bridgehead atoms. The summed E-state index contributed by atoms with van der Waals surface area (Å²) in [6, 6.07) is 5.63. The van der Waals surface area contributed by atoms with E-state index in [0.717, 1.165) is 56.8 Å². The molecule has 1 aliphatic carbocycles. The van der Waals surface area contributed by atoms with Crippen molar-refractivity contribution in [2.24, 2.45) is 5.73 Å². The third-order valence-electron chi connectivity index (χ3n) is 5.62. The van der Waals surface area contributed by atoms with Crippen LogP contribution < -0.4 is 16.0 Å². The molecule has 0 saturated carbocycles. The average Bonchev–Trinajstić information content (AvgIpc) is 3.28. The number of rotatable bonds is 5. The van der Waals surface area contributed by atoms with Gasteiger partial charge in [-0.15, -0.1) is 11.3 Å². The number of amides is 2. The van der Waals surface area contributed by atoms with Crippen LogP contribution in [0.3, 0.4) is 0 Å². The van der Waals surface area contributed by atoms with Crippen molar-refractivity contribution in [3.63, 3.8) is 0 Å². The second-order valence-electron chi connectivity index (χ2n) is 7.30. The molecule has 1 atom stereocenters. The van der Waals surface area contributed by atoms with Gasteiger partial charge in [0.15, 0.2) is 0 Å². The molecule has 2 aromatic heterocycles. The Kier molecular flexibility index (Phi) is 5.32. The highest BCUT2D eigenvalue weighted by molar-refractivity contribution is 7.17. The van der Waals surface area contributed by atoms with Crippen molar-refractivity contribution in [3.8, 4) is 0 Å². The summed E-state index contributed by atoms with van der Waals surface area (Å²) >= 11 is 1.50. The number of aryl methyl sites for hydroxylation is 1. The van der Waals surface area contributed by atoms with E-state index < -0.39 is 5.91 Å². The first-order valence-corrected chi connectivity index (χ1v) is 10.5. The minimum Gasteiger partial charge on any atom is -0.365 e. The maximum Gasteiger partial charge on any atom is 0.251 e. The molecule has 8 heteroatoms. The van der Waals surface area contributed by atoms with Gasteiger partial charge in [-0.2, -0.15) is 0 Å². The van der Waals surface area contributed by atoms with Gasteiger partial charge in [0.2, 0.25) is 5.91 Å². The number of nitrogens with zero attached hydrogens (tertiary/aromatic N) is 3. The van der Waals surface area contributed by atoms with Gasteiger partial charge in [-0.25, -0.2) is 4.98 Å². The second kappa shape index (κ2) is 7.89. The van der Waals surface area contributed by atoms with Crippen molar-refractivity contribution >= 4 is 34.0 Å². The molecule has 0 aromatic carbocycles. The van der Waals surface area contributed by atoms with E-state index in [1.54, 1.807) is 6.20 Å². The summed E-state index contributed by atoms with van der Waals surface area (Å²) in [7, 11) is 0. The quantitative estimate of drug-likeness (QED) is 0.801. The fourth-order valence-electron chi connectivity index (χ4n) is 4.01. The maximum absolute atomic E-state index is 12.8. The van der Waals surface area contributed by atoms with Crippen molar-refractivity contribution < 1.29 is 9.59 Å². The Hall–Kier alpha value is -2.45. The molecule has 0 radical (unpaired) electrons. The summed E-state index contributed by atoms with van der Waals surface area (Å²) in [4.78, 5) is 34.7. The summed E-state index contributed by atoms with van der Waals surface area (Å²) < 4.78 is 0. The average molecular weight is 400 g/mol. The Morgan fingerprint density at radius 1 is 1.21 bits per heavy atom. The molecule has 1 aliphatic heterocycles. The smallest absolute Gasteiger partial charge is 0.251 e. The Morgan fingerprint density at radius 3 is 2.68 bits per heavy atom. The van der Waals surface area contributed by atoms with E-state index in [-0.39, 0.29) is 11.9 Å². The summed E-state index contributed by atoms with van der Waals surface area (Å²) in [6.45, 7) is 5.14. The lowest BCUT2D eigenvalue weighted by molar-refractivity contribution is -0.120. The van der Waals surface area contributed by atoms with E-state index in [1.165, 1.54) is 16.2 Å². The number of hydrogen-bond donors (Lipinski definition) is 2. The number of pyridine rings is 1. The van der Waals surface area contributed by atoms with Gasteiger partial charge in [-0.1, -0.05) is 6.07 Å². The molecule has 3 heterocycles. The van der Waals surface area contributed by atoms with Crippen molar-refractivity contribution in [2.75, 3.05) is 36.4 Å². The lowest BCUT2D eigenvalue weighted by Crippen LogP contribution is -2.53. The number of carbonyl (C=O) groups is 2. The number of aromatic nitrogens is 1. The van der Waals surface area contributed by atoms with Gasteiger partial charge in [-0.3, -0.25) is 14.5 Å². The van der Waals surface area contributed by atoms with E-state index in [1.807, 2.05) is 25.1 Å². The van der Waals surface area contributed by atoms with Crippen molar-refractivity contribution in [3.05, 3.63) is 40.4 Å². The zero-order valence-electron chi connectivity index (χ0n) is 16.0. The number of thiophene rings is 1. The van der Waals surface area contributed by atoms with E-state index in [0.29, 0.717) is 10.6 Å². The SMILES string of the molecule is CC(C(=O)Nc1sc2c(c1C(N)=O)CCC2)N1CCN(c2ccccn2)CC1. The fraction of sp³-hybridized carbons (Fsp3) is 0.450. The molecular weight excluding hydrogens is 374 g/mol. The number of fused-ring (bicyclic) bond motifs is 1. The zero-order chi connectivity index (χ0) is 19.7. The molecule has 1 unspecified atom stereocenters. The highest BCUT2D eigenvalue weighted by Gasteiger charge is 2.30. The Bertz CT molecular complexity index is 874. The summed E-state index contributed by atoms with van der Waals surface area (Å²) in [6.07, 6.45) is 4.67. The summed E-state index contributed by atoms with van der Waals surface area (Å²) in [5.41, 5.74) is 7.14. The minimum atomic E-state index is -0.452. The van der Waals surface area contributed by atoms with Crippen LogP contribution in [-0.2, 0) is 17.6 Å². The van der Waals surface area contributed by atoms with Crippen molar-refractivity contribution in [1.29, 1.82) is 0 Å². The van der Waals surface area contributed by atoms with E-state index in [9.17, 15) is 9.59 Å². The van der Waals surface area contributed by atoms with Crippen LogP contribution in [0.15, 0.2) is 24.4 Å². The van der Waals surface area contributed by atoms with Gasteiger partial charge >= 0.3 is 0 Å². The van der Waals surface area contributed by atoms with Crippen LogP contribution >= 0.6 is 11.3 Å². The summed E-state index contributed by atoms with van der Waals surface area (Å²) in [5.74, 6) is 0.429. The molecule has 1 saturated heterocycles. The lowest BCUT2D eigenvalue weighted by Gasteiger charge is -2.37. The molecule has 4 rings (SSSR count). The van der Waals surface area contributed by atoms with Gasteiger partial charge < -0.3 is 16.0 Å². The normalized spacial score (nSPS) is 18.0. The fourth-order valence-corrected chi connectivity index (χ4v) is 5.31. The molecule has 28 heavy (non-hydrogen) atoms. The zero-order valence-corrected chi connectivity index (χ0v) is 16.8. The van der Waals surface area contributed by atoms with Crippen molar-refractivity contribution in [1.82, 2.24) is 9.88 Å². The Morgan fingerprint density at radius 2 is 2.00 bits per heavy atom. The van der Waals surface area contributed by atoms with Crippen LogP contribution in [-0.4, -0.2) is 53.9 Å². The molecule has 2 amide bonds. The molecule has 2 aromatic rings. The van der Waals surface area contributed by atoms with Gasteiger partial charge in [0.1, 0.15) is 10.8 Å². The minimum absolute atomic E-state index is 0.0892. The largest absolute Gasteiger partial charge is 0.365 e. The van der Waals surface area contributed by atoms with Crippen LogP contribution in [0.25, 0.3) is 0 Å². The number of nitrogens with one attached hydrogen (secondary N) is 1. The topological polar surface area (TPSA) is 91.6 Å². The van der Waals surface area contributed by atoms with Crippen molar-refractivity contribution in [2.45, 2.75) is 32.2 Å². The van der Waals surface area contributed by atoms with Crippen LogP contribution in [0.2, 0.25) is 0 Å². The monoisotopic (exact) mass is 399 g/mol. The van der Waals surface area contributed by atoms with E-state index in [2.05, 4.69) is 20.1 Å². The van der Waals surface area contributed by atoms with Crippen LogP contribution in [0.5, 0.6) is 0 Å². The second-order valence-corrected chi connectivity index (χ2v) is 8.41. The molecule has 0 spiro atoms. The van der Waals surface area contributed by atoms with Crippen LogP contribution in [0, 0.1) is 0 Å². The van der Waals surface area contributed by atoms with Gasteiger partial charge in [0.25, 0.3) is 5.91 Å². The Balaban J connectivity index is 1.39. The molecular formula is C20H25N5O2S. The van der Waals surface area contributed by atoms with Gasteiger partial charge in [0.05, 0.1) is 11.6 Å². The number of carbonyl (C=O) groups excluding carboxylic acids is 2. The van der Waals surface area contributed by atoms with Crippen LogP contribution in [0.4, 0.5) is 10.8 Å². The first-order valence-electron chi connectivity index (χ1n) is 9.70. The van der Waals surface area contributed by atoms with Gasteiger partial charge in [0, 0.05) is 37.3 Å². The third kappa shape index (κ3) is 3.62. The Labute approximate surface area is 168 Å². The molecule has 3 N–H and O–H groups in total. The number of piperazine rings is 1. The first kappa shape index (κ1) is 18.9. The van der Waals surface area contributed by atoms with E-state index >= 15 is 0 Å². The van der Waals surface area contributed by atoms with E-state index in [4.69, 9.17) is 5.73 Å². The highest BCUT2D eigenvalue weighted by Crippen LogP contribution is 2.38. The predicted molar refractivity (Wildman–Crippen MR) is 111 cm³/mol. The molecule has 1 fully saturated rings. The summed E-state index contributed by atoms with van der Waals surface area (Å²) in [5, 5.41) is 3.58. The highest BCUT2D eigenvalue weighted by atomic mass is 32.1. The predicted octanol–water partition coefficient (Wildman–Crippen LogP) is 1.88. The molecule has 2 aliphatic rings. The maximum atomic E-state index is 12.8. The number of anilines is 2. The molecule has 7 nitrogen and oxygen atoms in total. The standard InChI is InChI=1S/C20H25N5O2S/c1-13(24-9-11-25(12-10-24)16-7-2-3-8-22-16)19(27)23-20-17(18(21)26)14-5-4-6-15(14)28-20/h2-3,7-8,13H,4-6,9-12H2,1H3,(H2,21,26)(H,23,27).